The molecule has 3 heterocycles. The quantitative estimate of drug-likeness (QED) is 0.572. The summed E-state index contributed by atoms with van der Waals surface area (Å²) < 4.78 is 5.93. The Morgan fingerprint density at radius 1 is 1.09 bits per heavy atom. The number of fused-ring (bicyclic) bond motifs is 1. The topological polar surface area (TPSA) is 93.7 Å². The van der Waals surface area contributed by atoms with Crippen LogP contribution in [-0.4, -0.2) is 39.6 Å². The van der Waals surface area contributed by atoms with Crippen molar-refractivity contribution < 1.29 is 9.53 Å². The number of rotatable bonds is 5. The molecule has 2 aliphatic rings. The number of anilines is 1. The molecular formula is C27H27N5O2. The number of hydrogen-bond donors (Lipinski definition) is 1. The predicted molar refractivity (Wildman–Crippen MR) is 132 cm³/mol. The first-order valence-corrected chi connectivity index (χ1v) is 11.6. The molecule has 0 aliphatic carbocycles. The number of aliphatic imine (C=N–C) groups is 1. The van der Waals surface area contributed by atoms with Gasteiger partial charge in [-0.1, -0.05) is 24.3 Å². The summed E-state index contributed by atoms with van der Waals surface area (Å²) >= 11 is 0. The number of nitrogens with two attached hydrogens (primary N) is 1. The number of amides is 1. The molecule has 1 fully saturated rings. The van der Waals surface area contributed by atoms with Crippen LogP contribution < -0.4 is 10.5 Å². The minimum Gasteiger partial charge on any atom is -0.457 e. The van der Waals surface area contributed by atoms with E-state index in [-0.39, 0.29) is 17.9 Å². The molecular weight excluding hydrogens is 426 g/mol. The summed E-state index contributed by atoms with van der Waals surface area (Å²) in [5, 5.41) is 0. The van der Waals surface area contributed by atoms with Crippen LogP contribution in [0.3, 0.4) is 0 Å². The van der Waals surface area contributed by atoms with E-state index in [0.29, 0.717) is 12.4 Å². The first kappa shape index (κ1) is 21.8. The highest BCUT2D eigenvalue weighted by molar-refractivity contribution is 6.17. The van der Waals surface area contributed by atoms with Crippen molar-refractivity contribution in [3.05, 3.63) is 89.9 Å². The number of carbonyl (C=O) groups excluding carboxylic acids is 1. The highest BCUT2D eigenvalue weighted by atomic mass is 16.5. The Labute approximate surface area is 199 Å². The highest BCUT2D eigenvalue weighted by Crippen LogP contribution is 2.41. The van der Waals surface area contributed by atoms with Gasteiger partial charge in [-0.15, -0.1) is 0 Å². The fourth-order valence-corrected chi connectivity index (χ4v) is 4.71. The van der Waals surface area contributed by atoms with Crippen molar-refractivity contribution in [2.24, 2.45) is 10.9 Å². The first-order valence-electron chi connectivity index (χ1n) is 11.6. The summed E-state index contributed by atoms with van der Waals surface area (Å²) in [4.78, 5) is 28.3. The molecule has 2 aromatic carbocycles. The fraction of sp³-hybridized carbons (Fsp3) is 0.259. The maximum atomic E-state index is 12.5. The van der Waals surface area contributed by atoms with Crippen molar-refractivity contribution in [2.45, 2.75) is 25.8 Å². The number of likely N-dealkylation sites (tertiary alicyclic amines) is 1. The molecule has 0 bridgehead atoms. The van der Waals surface area contributed by atoms with Gasteiger partial charge in [0.2, 0.25) is 5.91 Å². The van der Waals surface area contributed by atoms with Crippen molar-refractivity contribution >= 4 is 17.4 Å². The molecule has 5 rings (SSSR count). The molecule has 1 aromatic heterocycles. The second-order valence-corrected chi connectivity index (χ2v) is 8.57. The Kier molecular flexibility index (Phi) is 6.08. The summed E-state index contributed by atoms with van der Waals surface area (Å²) in [5.74, 6) is 2.17. The van der Waals surface area contributed by atoms with Gasteiger partial charge in [0.25, 0.3) is 0 Å². The molecule has 0 spiro atoms. The molecule has 2 N–H and O–H groups in total. The molecule has 1 saturated heterocycles. The van der Waals surface area contributed by atoms with E-state index in [2.05, 4.69) is 9.97 Å². The van der Waals surface area contributed by atoms with E-state index in [4.69, 9.17) is 15.5 Å². The molecule has 0 radical (unpaired) electrons. The number of nitrogen functional groups attached to an aromatic ring is 1. The molecule has 7 heteroatoms. The molecule has 1 unspecified atom stereocenters. The van der Waals surface area contributed by atoms with Crippen LogP contribution in [0.25, 0.3) is 0 Å². The zero-order valence-electron chi connectivity index (χ0n) is 19.1. The van der Waals surface area contributed by atoms with Crippen LogP contribution in [0, 0.1) is 5.92 Å². The van der Waals surface area contributed by atoms with Crippen LogP contribution >= 0.6 is 0 Å². The Morgan fingerprint density at radius 2 is 1.85 bits per heavy atom. The number of hydrogen-bond acceptors (Lipinski definition) is 6. The Hall–Kier alpha value is -4.00. The van der Waals surface area contributed by atoms with Gasteiger partial charge in [0, 0.05) is 24.6 Å². The van der Waals surface area contributed by atoms with Crippen molar-refractivity contribution in [2.75, 3.05) is 18.8 Å². The van der Waals surface area contributed by atoms with E-state index in [0.717, 1.165) is 53.4 Å². The van der Waals surface area contributed by atoms with Gasteiger partial charge >= 0.3 is 0 Å². The smallest absolute Gasteiger partial charge is 0.246 e. The molecule has 2 atom stereocenters. The number of ether oxygens (including phenoxy) is 1. The molecule has 172 valence electrons. The van der Waals surface area contributed by atoms with Gasteiger partial charge in [-0.05, 0) is 62.2 Å². The first-order chi connectivity index (χ1) is 16.6. The van der Waals surface area contributed by atoms with Gasteiger partial charge in [0.05, 0.1) is 23.0 Å². The summed E-state index contributed by atoms with van der Waals surface area (Å²) in [6.07, 6.45) is 6.83. The average Bonchev–Trinajstić information content (AvgIpc) is 3.26. The van der Waals surface area contributed by atoms with E-state index in [9.17, 15) is 4.79 Å². The third-order valence-corrected chi connectivity index (χ3v) is 6.32. The number of carbonyl (C=O) groups is 1. The maximum absolute atomic E-state index is 12.5. The summed E-state index contributed by atoms with van der Waals surface area (Å²) in [6.45, 7) is 3.28. The van der Waals surface area contributed by atoms with E-state index >= 15 is 0 Å². The van der Waals surface area contributed by atoms with Crippen molar-refractivity contribution in [1.29, 1.82) is 0 Å². The molecule has 7 nitrogen and oxygen atoms in total. The fourth-order valence-electron chi connectivity index (χ4n) is 4.71. The lowest BCUT2D eigenvalue weighted by Crippen LogP contribution is -2.40. The molecule has 1 amide bonds. The third-order valence-electron chi connectivity index (χ3n) is 6.32. The van der Waals surface area contributed by atoms with Gasteiger partial charge in [0.15, 0.2) is 0 Å². The van der Waals surface area contributed by atoms with Gasteiger partial charge in [-0.2, -0.15) is 0 Å². The zero-order valence-corrected chi connectivity index (χ0v) is 19.1. The Morgan fingerprint density at radius 3 is 2.62 bits per heavy atom. The molecule has 0 saturated carbocycles. The van der Waals surface area contributed by atoms with Crippen LogP contribution in [0.15, 0.2) is 78.1 Å². The highest BCUT2D eigenvalue weighted by Gasteiger charge is 2.37. The third kappa shape index (κ3) is 4.29. The van der Waals surface area contributed by atoms with Crippen molar-refractivity contribution in [3.63, 3.8) is 0 Å². The van der Waals surface area contributed by atoms with E-state index in [1.807, 2.05) is 66.4 Å². The minimum atomic E-state index is -0.156. The van der Waals surface area contributed by atoms with Crippen LogP contribution in [0.1, 0.15) is 42.6 Å². The SMILES string of the molecule is C/C=C/C(=O)N1CCC[C@@H](C2N=C(c3ccc(Oc4ccccc4)cc3)c3c(N)ncnc32)C1. The van der Waals surface area contributed by atoms with Crippen LogP contribution in [-0.2, 0) is 4.79 Å². The normalized spacial score (nSPS) is 19.7. The molecule has 3 aromatic rings. The zero-order chi connectivity index (χ0) is 23.5. The summed E-state index contributed by atoms with van der Waals surface area (Å²) in [7, 11) is 0. The predicted octanol–water partition coefficient (Wildman–Crippen LogP) is 4.56. The van der Waals surface area contributed by atoms with Crippen molar-refractivity contribution in [1.82, 2.24) is 14.9 Å². The van der Waals surface area contributed by atoms with Crippen LogP contribution in [0.2, 0.25) is 0 Å². The van der Waals surface area contributed by atoms with E-state index in [1.54, 1.807) is 12.2 Å². The average molecular weight is 454 g/mol. The van der Waals surface area contributed by atoms with Gasteiger partial charge in [-0.25, -0.2) is 9.97 Å². The lowest BCUT2D eigenvalue weighted by Gasteiger charge is -2.34. The van der Waals surface area contributed by atoms with Gasteiger partial charge < -0.3 is 15.4 Å². The number of para-hydroxylation sites is 1. The van der Waals surface area contributed by atoms with E-state index in [1.165, 1.54) is 6.33 Å². The number of allylic oxidation sites excluding steroid dienone is 1. The number of piperidine rings is 1. The van der Waals surface area contributed by atoms with Crippen molar-refractivity contribution in [3.8, 4) is 11.5 Å². The largest absolute Gasteiger partial charge is 0.457 e. The monoisotopic (exact) mass is 453 g/mol. The molecule has 2 aliphatic heterocycles. The summed E-state index contributed by atoms with van der Waals surface area (Å²) in [6, 6.07) is 17.3. The number of benzene rings is 2. The lowest BCUT2D eigenvalue weighted by molar-refractivity contribution is -0.127. The Bertz CT molecular complexity index is 1240. The van der Waals surface area contributed by atoms with Gasteiger partial charge in [0.1, 0.15) is 23.6 Å². The molecule has 34 heavy (non-hydrogen) atoms. The van der Waals surface area contributed by atoms with Crippen LogP contribution in [0.5, 0.6) is 11.5 Å². The van der Waals surface area contributed by atoms with E-state index < -0.39 is 0 Å². The summed E-state index contributed by atoms with van der Waals surface area (Å²) in [5.41, 5.74) is 9.67. The second-order valence-electron chi connectivity index (χ2n) is 8.57. The maximum Gasteiger partial charge on any atom is 0.246 e. The van der Waals surface area contributed by atoms with Crippen LogP contribution in [0.4, 0.5) is 5.82 Å². The number of aromatic nitrogens is 2. The lowest BCUT2D eigenvalue weighted by atomic mass is 9.88. The number of nitrogens with zero attached hydrogens (tertiary/aromatic N) is 4. The van der Waals surface area contributed by atoms with Gasteiger partial charge in [-0.3, -0.25) is 9.79 Å². The second kappa shape index (κ2) is 9.47. The minimum absolute atomic E-state index is 0.0471. The standard InChI is InChI=1S/C27H27N5O2/c1-2-7-22(33)32-15-6-8-19(16-32)25-26-23(27(28)30-17-29-26)24(31-25)18-11-13-21(14-12-18)34-20-9-4-3-5-10-20/h2-5,7,9-14,17,19,25H,6,8,15-16H2,1H3,(H2,28,29,30)/b7-2+/t19-,25?/m1/s1. The Balaban J connectivity index is 1.43.